The van der Waals surface area contributed by atoms with E-state index in [2.05, 4.69) is 40.3 Å². The Kier molecular flexibility index (Phi) is 4.25. The summed E-state index contributed by atoms with van der Waals surface area (Å²) in [5.74, 6) is 0. The zero-order valence-electron chi connectivity index (χ0n) is 7.81. The van der Waals surface area contributed by atoms with E-state index in [0.29, 0.717) is 0 Å². The molecule has 0 radical (unpaired) electrons. The molecule has 0 bridgehead atoms. The van der Waals surface area contributed by atoms with Gasteiger partial charge in [-0.15, -0.1) is 0 Å². The zero-order chi connectivity index (χ0) is 9.68. The van der Waals surface area contributed by atoms with E-state index in [1.165, 1.54) is 11.3 Å². The molecule has 0 heterocycles. The predicted molar refractivity (Wildman–Crippen MR) is 61.0 cm³/mol. The summed E-state index contributed by atoms with van der Waals surface area (Å²) in [6.07, 6.45) is 1.01. The molecule has 3 heteroatoms. The summed E-state index contributed by atoms with van der Waals surface area (Å²) < 4.78 is 1.10. The predicted octanol–water partition coefficient (Wildman–Crippen LogP) is 2.52. The molecule has 1 aromatic carbocycles. The highest BCUT2D eigenvalue weighted by atomic mass is 79.9. The van der Waals surface area contributed by atoms with Crippen LogP contribution in [0, 0.1) is 6.92 Å². The molecular weight excluding hydrogens is 228 g/mol. The third-order valence-electron chi connectivity index (χ3n) is 1.90. The molecule has 0 aliphatic rings. The van der Waals surface area contributed by atoms with E-state index >= 15 is 0 Å². The number of rotatable bonds is 4. The van der Waals surface area contributed by atoms with Crippen molar-refractivity contribution in [3.63, 3.8) is 0 Å². The standard InChI is InChI=1S/C10H15BrN2/c1-8-3-4-9(11)7-10(8)13-6-2-5-12/h3-4,7,13H,2,5-6,12H2,1H3. The van der Waals surface area contributed by atoms with Gasteiger partial charge in [-0.05, 0) is 37.6 Å². The minimum atomic E-state index is 0.736. The van der Waals surface area contributed by atoms with Gasteiger partial charge in [-0.1, -0.05) is 22.0 Å². The monoisotopic (exact) mass is 242 g/mol. The fourth-order valence-corrected chi connectivity index (χ4v) is 1.47. The van der Waals surface area contributed by atoms with E-state index in [0.717, 1.165) is 24.0 Å². The van der Waals surface area contributed by atoms with Crippen LogP contribution in [0.25, 0.3) is 0 Å². The maximum absolute atomic E-state index is 5.41. The highest BCUT2D eigenvalue weighted by Gasteiger charge is 1.97. The second-order valence-electron chi connectivity index (χ2n) is 3.03. The molecule has 0 atom stereocenters. The minimum absolute atomic E-state index is 0.736. The molecule has 0 fully saturated rings. The van der Waals surface area contributed by atoms with Gasteiger partial charge in [-0.2, -0.15) is 0 Å². The molecule has 1 aromatic rings. The van der Waals surface area contributed by atoms with Gasteiger partial charge in [0.1, 0.15) is 0 Å². The summed E-state index contributed by atoms with van der Waals surface area (Å²) in [6, 6.07) is 6.23. The van der Waals surface area contributed by atoms with Gasteiger partial charge in [-0.3, -0.25) is 0 Å². The third kappa shape index (κ3) is 3.36. The van der Waals surface area contributed by atoms with Gasteiger partial charge >= 0.3 is 0 Å². The van der Waals surface area contributed by atoms with Crippen molar-refractivity contribution in [3.05, 3.63) is 28.2 Å². The first kappa shape index (κ1) is 10.5. The summed E-state index contributed by atoms with van der Waals surface area (Å²) in [6.45, 7) is 3.77. The number of hydrogen-bond acceptors (Lipinski definition) is 2. The van der Waals surface area contributed by atoms with Crippen molar-refractivity contribution in [2.45, 2.75) is 13.3 Å². The molecule has 0 saturated carbocycles. The fourth-order valence-electron chi connectivity index (χ4n) is 1.11. The first-order valence-corrected chi connectivity index (χ1v) is 5.23. The Morgan fingerprint density at radius 3 is 2.92 bits per heavy atom. The van der Waals surface area contributed by atoms with Crippen LogP contribution in [-0.4, -0.2) is 13.1 Å². The molecule has 0 amide bonds. The van der Waals surface area contributed by atoms with E-state index in [4.69, 9.17) is 5.73 Å². The normalized spacial score (nSPS) is 10.1. The maximum atomic E-state index is 5.41. The highest BCUT2D eigenvalue weighted by Crippen LogP contribution is 2.20. The molecular formula is C10H15BrN2. The van der Waals surface area contributed by atoms with Crippen molar-refractivity contribution in [2.24, 2.45) is 5.73 Å². The van der Waals surface area contributed by atoms with Crippen molar-refractivity contribution in [1.82, 2.24) is 0 Å². The first-order chi connectivity index (χ1) is 6.24. The number of aryl methyl sites for hydroxylation is 1. The van der Waals surface area contributed by atoms with Gasteiger partial charge in [0.05, 0.1) is 0 Å². The number of anilines is 1. The molecule has 72 valence electrons. The van der Waals surface area contributed by atoms with Crippen molar-refractivity contribution >= 4 is 21.6 Å². The van der Waals surface area contributed by atoms with Crippen molar-refractivity contribution in [2.75, 3.05) is 18.4 Å². The molecule has 1 rings (SSSR count). The average molecular weight is 243 g/mol. The topological polar surface area (TPSA) is 38.0 Å². The van der Waals surface area contributed by atoms with Gasteiger partial charge in [0.15, 0.2) is 0 Å². The molecule has 2 nitrogen and oxygen atoms in total. The lowest BCUT2D eigenvalue weighted by Gasteiger charge is -2.08. The van der Waals surface area contributed by atoms with E-state index in [1.54, 1.807) is 0 Å². The lowest BCUT2D eigenvalue weighted by atomic mass is 10.2. The molecule has 0 unspecified atom stereocenters. The van der Waals surface area contributed by atoms with E-state index in [1.807, 2.05) is 6.07 Å². The third-order valence-corrected chi connectivity index (χ3v) is 2.39. The van der Waals surface area contributed by atoms with Crippen molar-refractivity contribution < 1.29 is 0 Å². The van der Waals surface area contributed by atoms with Crippen molar-refractivity contribution in [3.8, 4) is 0 Å². The molecule has 0 aliphatic carbocycles. The lowest BCUT2D eigenvalue weighted by molar-refractivity contribution is 0.873. The van der Waals surface area contributed by atoms with Crippen LogP contribution in [0.4, 0.5) is 5.69 Å². The van der Waals surface area contributed by atoms with Crippen LogP contribution in [0.2, 0.25) is 0 Å². The second-order valence-corrected chi connectivity index (χ2v) is 3.94. The van der Waals surface area contributed by atoms with Crippen molar-refractivity contribution in [1.29, 1.82) is 0 Å². The average Bonchev–Trinajstić information content (AvgIpc) is 2.11. The van der Waals surface area contributed by atoms with Gasteiger partial charge < -0.3 is 11.1 Å². The summed E-state index contributed by atoms with van der Waals surface area (Å²) in [5.41, 5.74) is 7.86. The van der Waals surface area contributed by atoms with Crippen LogP contribution >= 0.6 is 15.9 Å². The number of nitrogens with one attached hydrogen (secondary N) is 1. The van der Waals surface area contributed by atoms with Crippen LogP contribution in [-0.2, 0) is 0 Å². The van der Waals surface area contributed by atoms with E-state index in [9.17, 15) is 0 Å². The smallest absolute Gasteiger partial charge is 0.0381 e. The maximum Gasteiger partial charge on any atom is 0.0381 e. The second kappa shape index (κ2) is 5.25. The van der Waals surface area contributed by atoms with Crippen LogP contribution in [0.15, 0.2) is 22.7 Å². The minimum Gasteiger partial charge on any atom is -0.385 e. The number of halogens is 1. The Hall–Kier alpha value is -0.540. The summed E-state index contributed by atoms with van der Waals surface area (Å²) in [7, 11) is 0. The van der Waals surface area contributed by atoms with Gasteiger partial charge in [0, 0.05) is 16.7 Å². The van der Waals surface area contributed by atoms with Gasteiger partial charge in [0.2, 0.25) is 0 Å². The van der Waals surface area contributed by atoms with Crippen LogP contribution in [0.1, 0.15) is 12.0 Å². The number of hydrogen-bond donors (Lipinski definition) is 2. The summed E-state index contributed by atoms with van der Waals surface area (Å²) >= 11 is 3.44. The lowest BCUT2D eigenvalue weighted by Crippen LogP contribution is -2.09. The largest absolute Gasteiger partial charge is 0.385 e. The van der Waals surface area contributed by atoms with Crippen LogP contribution < -0.4 is 11.1 Å². The Labute approximate surface area is 87.6 Å². The SMILES string of the molecule is Cc1ccc(Br)cc1NCCCN. The van der Waals surface area contributed by atoms with Crippen LogP contribution in [0.5, 0.6) is 0 Å². The molecule has 13 heavy (non-hydrogen) atoms. The number of nitrogens with two attached hydrogens (primary N) is 1. The Balaban J connectivity index is 2.59. The molecule has 0 aliphatic heterocycles. The molecule has 3 N–H and O–H groups in total. The zero-order valence-corrected chi connectivity index (χ0v) is 9.39. The van der Waals surface area contributed by atoms with Gasteiger partial charge in [-0.25, -0.2) is 0 Å². The van der Waals surface area contributed by atoms with E-state index < -0.39 is 0 Å². The Bertz CT molecular complexity index is 274. The first-order valence-electron chi connectivity index (χ1n) is 4.44. The number of benzene rings is 1. The van der Waals surface area contributed by atoms with Crippen LogP contribution in [0.3, 0.4) is 0 Å². The Morgan fingerprint density at radius 2 is 2.23 bits per heavy atom. The summed E-state index contributed by atoms with van der Waals surface area (Å²) in [4.78, 5) is 0. The summed E-state index contributed by atoms with van der Waals surface area (Å²) in [5, 5.41) is 3.34. The Morgan fingerprint density at radius 1 is 1.46 bits per heavy atom. The highest BCUT2D eigenvalue weighted by molar-refractivity contribution is 9.10. The molecule has 0 spiro atoms. The molecule has 0 aromatic heterocycles. The van der Waals surface area contributed by atoms with Gasteiger partial charge in [0.25, 0.3) is 0 Å². The van der Waals surface area contributed by atoms with E-state index in [-0.39, 0.29) is 0 Å². The quantitative estimate of drug-likeness (QED) is 0.797. The fraction of sp³-hybridized carbons (Fsp3) is 0.400. The molecule has 0 saturated heterocycles.